The van der Waals surface area contributed by atoms with Gasteiger partial charge < -0.3 is 20.1 Å². The van der Waals surface area contributed by atoms with E-state index in [9.17, 15) is 18.7 Å². The molecule has 0 radical (unpaired) electrons. The maximum absolute atomic E-state index is 17.1. The van der Waals surface area contributed by atoms with E-state index in [2.05, 4.69) is 15.2 Å². The first-order valence-electron chi connectivity index (χ1n) is 15.8. The van der Waals surface area contributed by atoms with Crippen LogP contribution in [0, 0.1) is 17.5 Å². The molecule has 4 saturated heterocycles. The molecule has 0 spiro atoms. The highest BCUT2D eigenvalue weighted by molar-refractivity contribution is 6.11. The molecule has 4 fully saturated rings. The van der Waals surface area contributed by atoms with Crippen LogP contribution in [0.2, 0.25) is 0 Å². The molecule has 12 heteroatoms. The van der Waals surface area contributed by atoms with Gasteiger partial charge in [-0.2, -0.15) is 9.97 Å². The predicted octanol–water partition coefficient (Wildman–Crippen LogP) is 5.67. The maximum Gasteiger partial charge on any atom is 0.319 e. The zero-order valence-electron chi connectivity index (χ0n) is 25.3. The van der Waals surface area contributed by atoms with Crippen molar-refractivity contribution in [1.82, 2.24) is 20.2 Å². The SMILES string of the molecule is CC(=O)c1cc2c(N3C[C@H]4CC[C@@H](C3)N4)nc(OC[C@@]34CCCN3C[C@H](F)C4)nc2c(F)c1-c1cc(O)cc2ccc(F)c(F)c12. The number of phenolic OH excluding ortho intramolecular Hbond substituents is 1. The molecule has 0 saturated carbocycles. The minimum atomic E-state index is -1.23. The molecule has 3 aromatic carbocycles. The van der Waals surface area contributed by atoms with E-state index in [1.807, 2.05) is 4.90 Å². The van der Waals surface area contributed by atoms with Crippen molar-refractivity contribution in [3.63, 3.8) is 0 Å². The second-order valence-electron chi connectivity index (χ2n) is 13.3. The standard InChI is InChI=1S/C34H33F4N5O3/c1-17(44)23-11-25-31(30(38)28(23)24-10-22(45)9-18-3-6-26(36)29(37)27(18)24)40-33(41-32(25)42-14-20-4-5-21(15-42)39-20)46-16-34-7-2-8-43(34)13-19(35)12-34/h3,6,9-11,19-21,39,45H,2,4-5,7-8,12-16H2,1H3/t19-,20-,21+,34+/m1/s1. The number of hydrogen-bond donors (Lipinski definition) is 2. The third-order valence-electron chi connectivity index (χ3n) is 10.3. The van der Waals surface area contributed by atoms with Gasteiger partial charge in [-0.1, -0.05) is 6.07 Å². The Morgan fingerprint density at radius 1 is 1.09 bits per heavy atom. The topological polar surface area (TPSA) is 90.8 Å². The second-order valence-corrected chi connectivity index (χ2v) is 13.3. The summed E-state index contributed by atoms with van der Waals surface area (Å²) in [5.74, 6) is -3.75. The summed E-state index contributed by atoms with van der Waals surface area (Å²) in [4.78, 5) is 26.6. The van der Waals surface area contributed by atoms with Gasteiger partial charge in [0, 0.05) is 60.0 Å². The van der Waals surface area contributed by atoms with Crippen molar-refractivity contribution in [1.29, 1.82) is 0 Å². The normalized spacial score (nSPS) is 25.9. The van der Waals surface area contributed by atoms with Crippen LogP contribution >= 0.6 is 0 Å². The summed E-state index contributed by atoms with van der Waals surface area (Å²) in [5.41, 5.74) is -1.22. The molecule has 5 heterocycles. The summed E-state index contributed by atoms with van der Waals surface area (Å²) in [6.07, 6.45) is 3.04. The Hall–Kier alpha value is -4.03. The van der Waals surface area contributed by atoms with Crippen molar-refractivity contribution in [2.75, 3.05) is 37.7 Å². The van der Waals surface area contributed by atoms with Crippen LogP contribution in [0.3, 0.4) is 0 Å². The zero-order valence-corrected chi connectivity index (χ0v) is 25.3. The van der Waals surface area contributed by atoms with Crippen molar-refractivity contribution in [2.24, 2.45) is 0 Å². The number of ether oxygens (including phenoxy) is 1. The lowest BCUT2D eigenvalue weighted by molar-refractivity contribution is 0.101. The van der Waals surface area contributed by atoms with Crippen LogP contribution in [0.25, 0.3) is 32.8 Å². The number of piperazine rings is 1. The Kier molecular flexibility index (Phi) is 6.88. The van der Waals surface area contributed by atoms with Gasteiger partial charge in [0.15, 0.2) is 23.2 Å². The number of nitrogens with one attached hydrogen (secondary N) is 1. The van der Waals surface area contributed by atoms with Crippen LogP contribution in [0.15, 0.2) is 30.3 Å². The predicted molar refractivity (Wildman–Crippen MR) is 165 cm³/mol. The fourth-order valence-electron chi connectivity index (χ4n) is 8.23. The van der Waals surface area contributed by atoms with Crippen LogP contribution in [0.1, 0.15) is 49.4 Å². The molecule has 0 amide bonds. The molecule has 0 aliphatic carbocycles. The molecule has 240 valence electrons. The van der Waals surface area contributed by atoms with Gasteiger partial charge in [-0.25, -0.2) is 17.6 Å². The average molecular weight is 636 g/mol. The Bertz CT molecular complexity index is 1910. The van der Waals surface area contributed by atoms with E-state index in [1.54, 1.807) is 0 Å². The van der Waals surface area contributed by atoms with Gasteiger partial charge in [0.2, 0.25) is 0 Å². The molecule has 8 rings (SSSR count). The van der Waals surface area contributed by atoms with Gasteiger partial charge in [0.05, 0.1) is 5.54 Å². The van der Waals surface area contributed by atoms with Gasteiger partial charge in [0.25, 0.3) is 0 Å². The molecule has 46 heavy (non-hydrogen) atoms. The quantitative estimate of drug-likeness (QED) is 0.207. The number of hydrogen-bond acceptors (Lipinski definition) is 8. The number of carbonyl (C=O) groups excluding carboxylic acids is 1. The minimum Gasteiger partial charge on any atom is -0.508 e. The lowest BCUT2D eigenvalue weighted by Gasteiger charge is -2.35. The van der Waals surface area contributed by atoms with Crippen molar-refractivity contribution >= 4 is 33.3 Å². The van der Waals surface area contributed by atoms with E-state index < -0.39 is 34.9 Å². The van der Waals surface area contributed by atoms with Crippen LogP contribution < -0.4 is 15.0 Å². The lowest BCUT2D eigenvalue weighted by atomic mass is 9.90. The van der Waals surface area contributed by atoms with E-state index in [1.165, 1.54) is 25.1 Å². The molecule has 0 unspecified atom stereocenters. The number of Topliss-reactive ketones (excluding diaryl/α,β-unsaturated/α-hetero) is 1. The molecule has 4 aliphatic rings. The zero-order chi connectivity index (χ0) is 31.9. The van der Waals surface area contributed by atoms with Crippen molar-refractivity contribution < 1.29 is 32.2 Å². The second kappa shape index (κ2) is 10.8. The number of halogens is 4. The number of fused-ring (bicyclic) bond motifs is 5. The Labute approximate surface area is 262 Å². The number of rotatable bonds is 6. The Morgan fingerprint density at radius 2 is 1.87 bits per heavy atom. The highest BCUT2D eigenvalue weighted by Gasteiger charge is 2.49. The molecule has 8 nitrogen and oxygen atoms in total. The van der Waals surface area contributed by atoms with E-state index in [4.69, 9.17) is 9.72 Å². The van der Waals surface area contributed by atoms with Gasteiger partial charge in [-0.05, 0) is 74.4 Å². The molecular weight excluding hydrogens is 602 g/mol. The molecule has 2 bridgehead atoms. The molecule has 4 aromatic rings. The fourth-order valence-corrected chi connectivity index (χ4v) is 8.23. The third-order valence-corrected chi connectivity index (χ3v) is 10.3. The minimum absolute atomic E-state index is 0.0855. The van der Waals surface area contributed by atoms with Gasteiger partial charge in [-0.15, -0.1) is 0 Å². The smallest absolute Gasteiger partial charge is 0.319 e. The third kappa shape index (κ3) is 4.67. The number of aromatic hydroxyl groups is 1. The molecule has 4 aliphatic heterocycles. The largest absolute Gasteiger partial charge is 0.508 e. The van der Waals surface area contributed by atoms with Crippen molar-refractivity contribution in [3.05, 3.63) is 53.3 Å². The summed E-state index contributed by atoms with van der Waals surface area (Å²) in [6, 6.07) is 6.41. The molecule has 1 aromatic heterocycles. The van der Waals surface area contributed by atoms with Crippen LogP contribution in [0.5, 0.6) is 11.8 Å². The number of aromatic nitrogens is 2. The number of phenols is 1. The Morgan fingerprint density at radius 3 is 2.63 bits per heavy atom. The highest BCUT2D eigenvalue weighted by Crippen LogP contribution is 2.44. The summed E-state index contributed by atoms with van der Waals surface area (Å²) in [7, 11) is 0. The highest BCUT2D eigenvalue weighted by atomic mass is 19.2. The average Bonchev–Trinajstić information content (AvgIpc) is 3.67. The number of benzene rings is 3. The van der Waals surface area contributed by atoms with E-state index in [0.29, 0.717) is 31.9 Å². The molecule has 2 N–H and O–H groups in total. The number of alkyl halides is 1. The fraction of sp³-hybridized carbons (Fsp3) is 0.441. The van der Waals surface area contributed by atoms with Gasteiger partial charge in [0.1, 0.15) is 29.9 Å². The summed E-state index contributed by atoms with van der Waals surface area (Å²) >= 11 is 0. The number of carbonyl (C=O) groups is 1. The van der Waals surface area contributed by atoms with Crippen LogP contribution in [-0.4, -0.2) is 82.3 Å². The summed E-state index contributed by atoms with van der Waals surface area (Å²) < 4.78 is 67.6. The summed E-state index contributed by atoms with van der Waals surface area (Å²) in [6.45, 7) is 3.72. The first-order chi connectivity index (χ1) is 22.1. The lowest BCUT2D eigenvalue weighted by Crippen LogP contribution is -2.51. The first-order valence-corrected chi connectivity index (χ1v) is 15.8. The van der Waals surface area contributed by atoms with Crippen molar-refractivity contribution in [2.45, 2.75) is 62.8 Å². The Balaban J connectivity index is 1.33. The van der Waals surface area contributed by atoms with Crippen LogP contribution in [-0.2, 0) is 0 Å². The number of ketones is 1. The van der Waals surface area contributed by atoms with E-state index in [0.717, 1.165) is 44.4 Å². The van der Waals surface area contributed by atoms with Crippen molar-refractivity contribution in [3.8, 4) is 22.9 Å². The number of anilines is 1. The molecule has 4 atom stereocenters. The van der Waals surface area contributed by atoms with E-state index >= 15 is 8.78 Å². The van der Waals surface area contributed by atoms with Gasteiger partial charge in [-0.3, -0.25) is 9.69 Å². The van der Waals surface area contributed by atoms with Gasteiger partial charge >= 0.3 is 6.01 Å². The van der Waals surface area contributed by atoms with E-state index in [-0.39, 0.29) is 68.8 Å². The maximum atomic E-state index is 17.1. The summed E-state index contributed by atoms with van der Waals surface area (Å²) in [5, 5.41) is 14.2. The first kappa shape index (κ1) is 29.4. The number of nitrogens with zero attached hydrogens (tertiary/aromatic N) is 4. The van der Waals surface area contributed by atoms with Crippen LogP contribution in [0.4, 0.5) is 23.4 Å². The monoisotopic (exact) mass is 635 g/mol. The molecular formula is C34H33F4N5O3.